The molecule has 17 heavy (non-hydrogen) atoms. The molecule has 0 amide bonds. The van der Waals surface area contributed by atoms with Crippen LogP contribution in [0.15, 0.2) is 0 Å². The second kappa shape index (κ2) is 5.63. The number of aromatic nitrogens is 3. The Balaban J connectivity index is 2.47. The summed E-state index contributed by atoms with van der Waals surface area (Å²) in [5.74, 6) is 0.549. The highest BCUT2D eigenvalue weighted by Crippen LogP contribution is 2.23. The lowest BCUT2D eigenvalue weighted by molar-refractivity contribution is 0.373. The summed E-state index contributed by atoms with van der Waals surface area (Å²) < 4.78 is 0. The summed E-state index contributed by atoms with van der Waals surface area (Å²) in [6.45, 7) is 11.0. The van der Waals surface area contributed by atoms with Gasteiger partial charge in [-0.25, -0.2) is 4.98 Å². The third-order valence-corrected chi connectivity index (χ3v) is 2.72. The third-order valence-electron chi connectivity index (χ3n) is 2.41. The molecule has 0 aliphatic carbocycles. The summed E-state index contributed by atoms with van der Waals surface area (Å²) >= 11 is 6.25. The van der Waals surface area contributed by atoms with Crippen molar-refractivity contribution in [1.29, 1.82) is 0 Å². The van der Waals surface area contributed by atoms with Gasteiger partial charge in [-0.15, -0.1) is 16.7 Å². The zero-order chi connectivity index (χ0) is 13.1. The zero-order valence-corrected chi connectivity index (χ0v) is 12.0. The zero-order valence-electron chi connectivity index (χ0n) is 11.2. The predicted molar refractivity (Wildman–Crippen MR) is 71.5 cm³/mol. The molecular formula is C12H21ClN4. The van der Waals surface area contributed by atoms with Gasteiger partial charge in [0.25, 0.3) is 0 Å². The van der Waals surface area contributed by atoms with E-state index in [0.717, 1.165) is 17.8 Å². The van der Waals surface area contributed by atoms with Crippen molar-refractivity contribution < 1.29 is 0 Å². The van der Waals surface area contributed by atoms with Gasteiger partial charge < -0.3 is 5.32 Å². The van der Waals surface area contributed by atoms with Gasteiger partial charge in [-0.3, -0.25) is 0 Å². The Labute approximate surface area is 108 Å². The first kappa shape index (κ1) is 14.2. The van der Waals surface area contributed by atoms with E-state index in [1.165, 1.54) is 0 Å². The molecule has 1 unspecified atom stereocenters. The van der Waals surface area contributed by atoms with Crippen molar-refractivity contribution in [3.8, 4) is 0 Å². The number of hydrogen-bond acceptors (Lipinski definition) is 4. The van der Waals surface area contributed by atoms with Gasteiger partial charge in [-0.05, 0) is 25.7 Å². The molecule has 0 bridgehead atoms. The second-order valence-corrected chi connectivity index (χ2v) is 6.17. The standard InChI is InChI=1S/C12H21ClN4/c1-8-9(2)16-17-11(15-8)14-7-10(13)6-12(3,4)5/h10H,6-7H2,1-5H3,(H,14,15,17). The highest BCUT2D eigenvalue weighted by molar-refractivity contribution is 6.20. The SMILES string of the molecule is Cc1nnc(NCC(Cl)CC(C)(C)C)nc1C. The van der Waals surface area contributed by atoms with E-state index in [2.05, 4.69) is 41.3 Å². The lowest BCUT2D eigenvalue weighted by Crippen LogP contribution is -2.22. The molecule has 1 rings (SSSR count). The molecule has 0 radical (unpaired) electrons. The van der Waals surface area contributed by atoms with Gasteiger partial charge in [-0.2, -0.15) is 5.10 Å². The number of nitrogens with one attached hydrogen (secondary N) is 1. The van der Waals surface area contributed by atoms with Crippen LogP contribution in [-0.4, -0.2) is 27.1 Å². The van der Waals surface area contributed by atoms with Crippen LogP contribution >= 0.6 is 11.6 Å². The van der Waals surface area contributed by atoms with Crippen molar-refractivity contribution in [3.63, 3.8) is 0 Å². The minimum Gasteiger partial charge on any atom is -0.351 e. The third kappa shape index (κ3) is 5.31. The van der Waals surface area contributed by atoms with Crippen LogP contribution < -0.4 is 5.32 Å². The van der Waals surface area contributed by atoms with Gasteiger partial charge in [0.2, 0.25) is 5.95 Å². The Morgan fingerprint density at radius 3 is 2.35 bits per heavy atom. The average molecular weight is 257 g/mol. The van der Waals surface area contributed by atoms with E-state index < -0.39 is 0 Å². The highest BCUT2D eigenvalue weighted by atomic mass is 35.5. The molecule has 96 valence electrons. The topological polar surface area (TPSA) is 50.7 Å². The highest BCUT2D eigenvalue weighted by Gasteiger charge is 2.16. The monoisotopic (exact) mass is 256 g/mol. The van der Waals surface area contributed by atoms with Crippen molar-refractivity contribution >= 4 is 17.5 Å². The molecule has 0 saturated heterocycles. The average Bonchev–Trinajstić information content (AvgIpc) is 2.17. The fourth-order valence-corrected chi connectivity index (χ4v) is 2.01. The van der Waals surface area contributed by atoms with Crippen LogP contribution in [0.2, 0.25) is 0 Å². The van der Waals surface area contributed by atoms with E-state index in [1.54, 1.807) is 0 Å². The van der Waals surface area contributed by atoms with Crippen LogP contribution in [0.3, 0.4) is 0 Å². The van der Waals surface area contributed by atoms with Crippen LogP contribution in [0.5, 0.6) is 0 Å². The van der Waals surface area contributed by atoms with Crippen molar-refractivity contribution in [2.24, 2.45) is 5.41 Å². The molecule has 0 aromatic carbocycles. The van der Waals surface area contributed by atoms with Gasteiger partial charge in [-0.1, -0.05) is 20.8 Å². The van der Waals surface area contributed by atoms with E-state index >= 15 is 0 Å². The maximum Gasteiger partial charge on any atom is 0.243 e. The first-order chi connectivity index (χ1) is 7.78. The predicted octanol–water partition coefficient (Wildman–Crippen LogP) is 2.94. The van der Waals surface area contributed by atoms with Crippen LogP contribution in [0.1, 0.15) is 38.6 Å². The molecule has 1 aromatic heterocycles. The summed E-state index contributed by atoms with van der Waals surface area (Å²) in [5, 5.41) is 11.2. The Hall–Kier alpha value is -0.900. The molecule has 0 fully saturated rings. The molecule has 0 aliphatic rings. The van der Waals surface area contributed by atoms with E-state index in [9.17, 15) is 0 Å². The largest absolute Gasteiger partial charge is 0.351 e. The van der Waals surface area contributed by atoms with Gasteiger partial charge in [0.1, 0.15) is 0 Å². The normalized spacial score (nSPS) is 13.5. The van der Waals surface area contributed by atoms with Crippen LogP contribution in [0.25, 0.3) is 0 Å². The van der Waals surface area contributed by atoms with Crippen molar-refractivity contribution in [1.82, 2.24) is 15.2 Å². The number of rotatable bonds is 4. The molecule has 1 heterocycles. The maximum atomic E-state index is 6.25. The van der Waals surface area contributed by atoms with Gasteiger partial charge in [0.05, 0.1) is 16.8 Å². The molecule has 5 heteroatoms. The number of alkyl halides is 1. The molecule has 1 atom stereocenters. The Morgan fingerprint density at radius 1 is 1.18 bits per heavy atom. The summed E-state index contributed by atoms with van der Waals surface area (Å²) in [5.41, 5.74) is 1.98. The fraction of sp³-hybridized carbons (Fsp3) is 0.750. The van der Waals surface area contributed by atoms with Crippen molar-refractivity contribution in [3.05, 3.63) is 11.4 Å². The summed E-state index contributed by atoms with van der Waals surface area (Å²) in [7, 11) is 0. The summed E-state index contributed by atoms with van der Waals surface area (Å²) in [4.78, 5) is 4.30. The Kier molecular flexibility index (Phi) is 4.69. The first-order valence-electron chi connectivity index (χ1n) is 5.84. The van der Waals surface area contributed by atoms with Crippen molar-refractivity contribution in [2.45, 2.75) is 46.4 Å². The van der Waals surface area contributed by atoms with Gasteiger partial charge in [0, 0.05) is 6.54 Å². The van der Waals surface area contributed by atoms with Crippen LogP contribution in [0, 0.1) is 19.3 Å². The molecule has 0 saturated carbocycles. The maximum absolute atomic E-state index is 6.25. The number of aryl methyl sites for hydroxylation is 2. The summed E-state index contributed by atoms with van der Waals surface area (Å²) in [6.07, 6.45) is 0.944. The number of halogens is 1. The minimum atomic E-state index is 0.0696. The van der Waals surface area contributed by atoms with Gasteiger partial charge >= 0.3 is 0 Å². The van der Waals surface area contributed by atoms with Crippen molar-refractivity contribution in [2.75, 3.05) is 11.9 Å². The molecule has 4 nitrogen and oxygen atoms in total. The quantitative estimate of drug-likeness (QED) is 0.842. The molecule has 1 N–H and O–H groups in total. The number of anilines is 1. The molecule has 1 aromatic rings. The smallest absolute Gasteiger partial charge is 0.243 e. The second-order valence-electron chi connectivity index (χ2n) is 5.55. The number of nitrogens with zero attached hydrogens (tertiary/aromatic N) is 3. The lowest BCUT2D eigenvalue weighted by Gasteiger charge is -2.21. The Morgan fingerprint density at radius 2 is 1.82 bits per heavy atom. The van der Waals surface area contributed by atoms with Gasteiger partial charge in [0.15, 0.2) is 0 Å². The van der Waals surface area contributed by atoms with E-state index in [1.807, 2.05) is 13.8 Å². The fourth-order valence-electron chi connectivity index (χ4n) is 1.47. The molecule has 0 aliphatic heterocycles. The minimum absolute atomic E-state index is 0.0696. The van der Waals surface area contributed by atoms with E-state index in [0.29, 0.717) is 12.5 Å². The first-order valence-corrected chi connectivity index (χ1v) is 6.27. The van der Waals surface area contributed by atoms with Crippen LogP contribution in [-0.2, 0) is 0 Å². The Bertz CT molecular complexity index is 373. The van der Waals surface area contributed by atoms with Crippen LogP contribution in [0.4, 0.5) is 5.95 Å². The molecule has 0 spiro atoms. The molecular weight excluding hydrogens is 236 g/mol. The van der Waals surface area contributed by atoms with E-state index in [4.69, 9.17) is 11.6 Å². The summed E-state index contributed by atoms with van der Waals surface area (Å²) in [6, 6.07) is 0. The number of hydrogen-bond donors (Lipinski definition) is 1. The van der Waals surface area contributed by atoms with E-state index in [-0.39, 0.29) is 10.8 Å². The lowest BCUT2D eigenvalue weighted by atomic mass is 9.90.